The minimum Gasteiger partial charge on any atom is -0.432 e. The third-order valence-corrected chi connectivity index (χ3v) is 8.85. The van der Waals surface area contributed by atoms with Gasteiger partial charge in [-0.3, -0.25) is 0 Å². The van der Waals surface area contributed by atoms with E-state index in [9.17, 15) is 22.0 Å². The molecule has 2 aromatic carbocycles. The summed E-state index contributed by atoms with van der Waals surface area (Å²) in [5.74, 6) is -5.64. The first-order valence-electron chi connectivity index (χ1n) is 14.5. The van der Waals surface area contributed by atoms with E-state index >= 15 is 0 Å². The van der Waals surface area contributed by atoms with Gasteiger partial charge < -0.3 is 18.9 Å². The molecule has 0 spiro atoms. The van der Waals surface area contributed by atoms with Crippen molar-refractivity contribution in [1.29, 1.82) is 0 Å². The molecule has 0 bridgehead atoms. The molecule has 2 aromatic rings. The molecule has 0 radical (unpaired) electrons. The molecule has 2 aliphatic carbocycles. The first kappa shape index (κ1) is 30.0. The zero-order chi connectivity index (χ0) is 29.0. The van der Waals surface area contributed by atoms with Gasteiger partial charge in [-0.1, -0.05) is 30.3 Å². The van der Waals surface area contributed by atoms with E-state index in [2.05, 4.69) is 11.3 Å². The van der Waals surface area contributed by atoms with Crippen LogP contribution in [-0.4, -0.2) is 32.0 Å². The number of rotatable bonds is 9. The van der Waals surface area contributed by atoms with Crippen LogP contribution in [0.25, 0.3) is 0 Å². The highest BCUT2D eigenvalue weighted by atomic mass is 19.3. The normalized spacial score (nSPS) is 29.2. The Morgan fingerprint density at radius 1 is 0.805 bits per heavy atom. The van der Waals surface area contributed by atoms with E-state index in [0.29, 0.717) is 62.7 Å². The second kappa shape index (κ2) is 13.2. The van der Waals surface area contributed by atoms with Crippen LogP contribution in [0.2, 0.25) is 0 Å². The summed E-state index contributed by atoms with van der Waals surface area (Å²) < 4.78 is 92.1. The van der Waals surface area contributed by atoms with E-state index in [1.165, 1.54) is 0 Å². The summed E-state index contributed by atoms with van der Waals surface area (Å²) in [6, 6.07) is 8.83. The number of halogens is 5. The summed E-state index contributed by atoms with van der Waals surface area (Å²) in [6.07, 6.45) is 3.82. The van der Waals surface area contributed by atoms with E-state index in [1.54, 1.807) is 6.08 Å². The van der Waals surface area contributed by atoms with Gasteiger partial charge in [-0.25, -0.2) is 13.2 Å². The topological polar surface area (TPSA) is 36.9 Å². The van der Waals surface area contributed by atoms with Gasteiger partial charge in [0.05, 0.1) is 31.8 Å². The Kier molecular flexibility index (Phi) is 9.66. The predicted molar refractivity (Wildman–Crippen MR) is 143 cm³/mol. The fourth-order valence-corrected chi connectivity index (χ4v) is 6.43. The zero-order valence-electron chi connectivity index (χ0n) is 23.0. The van der Waals surface area contributed by atoms with Gasteiger partial charge in [-0.05, 0) is 68.8 Å². The van der Waals surface area contributed by atoms with Crippen LogP contribution in [0.15, 0.2) is 49.1 Å². The highest BCUT2D eigenvalue weighted by Gasteiger charge is 2.44. The maximum Gasteiger partial charge on any atom is 0.400 e. The third kappa shape index (κ3) is 7.30. The summed E-state index contributed by atoms with van der Waals surface area (Å²) in [5, 5.41) is 0. The fraction of sp³-hybridized carbons (Fsp3) is 0.562. The van der Waals surface area contributed by atoms with Gasteiger partial charge in [0.2, 0.25) is 0 Å². The third-order valence-electron chi connectivity index (χ3n) is 8.85. The fourth-order valence-electron chi connectivity index (χ4n) is 6.43. The molecule has 5 rings (SSSR count). The highest BCUT2D eigenvalue weighted by molar-refractivity contribution is 5.27. The molecule has 2 saturated carbocycles. The van der Waals surface area contributed by atoms with Crippen molar-refractivity contribution in [2.45, 2.75) is 75.8 Å². The Morgan fingerprint density at radius 3 is 1.98 bits per heavy atom. The Balaban J connectivity index is 1.08. The Labute approximate surface area is 237 Å². The van der Waals surface area contributed by atoms with Crippen molar-refractivity contribution in [3.63, 3.8) is 0 Å². The lowest BCUT2D eigenvalue weighted by molar-refractivity contribution is -0.222. The molecule has 224 valence electrons. The number of hydrogen-bond donors (Lipinski definition) is 0. The molecular weight excluding hydrogens is 543 g/mol. The quantitative estimate of drug-likeness (QED) is 0.169. The molecule has 41 heavy (non-hydrogen) atoms. The van der Waals surface area contributed by atoms with E-state index in [-0.39, 0.29) is 18.8 Å². The molecule has 0 aromatic heterocycles. The molecule has 4 nitrogen and oxygen atoms in total. The van der Waals surface area contributed by atoms with Gasteiger partial charge in [-0.2, -0.15) is 8.78 Å². The molecular formula is C32H37F5O4. The lowest BCUT2D eigenvalue weighted by atomic mass is 9.78. The number of hydrogen-bond acceptors (Lipinski definition) is 4. The second-order valence-electron chi connectivity index (χ2n) is 11.5. The van der Waals surface area contributed by atoms with Crippen LogP contribution in [0.3, 0.4) is 0 Å². The van der Waals surface area contributed by atoms with Crippen molar-refractivity contribution in [3.05, 3.63) is 77.6 Å². The van der Waals surface area contributed by atoms with Crippen LogP contribution in [-0.2, 0) is 14.2 Å². The lowest BCUT2D eigenvalue weighted by Gasteiger charge is -2.37. The summed E-state index contributed by atoms with van der Waals surface area (Å²) in [4.78, 5) is 0. The van der Waals surface area contributed by atoms with Crippen LogP contribution in [0.5, 0.6) is 5.75 Å². The van der Waals surface area contributed by atoms with Crippen molar-refractivity contribution in [2.75, 3.05) is 19.8 Å². The van der Waals surface area contributed by atoms with Crippen LogP contribution in [0.4, 0.5) is 22.0 Å². The number of alkyl halides is 2. The van der Waals surface area contributed by atoms with Crippen molar-refractivity contribution < 1.29 is 40.9 Å². The maximum atomic E-state index is 14.8. The van der Waals surface area contributed by atoms with Gasteiger partial charge in [-0.15, -0.1) is 6.58 Å². The molecule has 3 aliphatic rings. The molecule has 0 atom stereocenters. The molecule has 0 N–H and O–H groups in total. The van der Waals surface area contributed by atoms with Crippen LogP contribution in [0, 0.1) is 35.2 Å². The minimum absolute atomic E-state index is 0.111. The first-order chi connectivity index (χ1) is 19.7. The van der Waals surface area contributed by atoms with E-state index in [0.717, 1.165) is 36.8 Å². The smallest absolute Gasteiger partial charge is 0.400 e. The summed E-state index contributed by atoms with van der Waals surface area (Å²) in [5.41, 5.74) is 1.99. The predicted octanol–water partition coefficient (Wildman–Crippen LogP) is 8.47. The van der Waals surface area contributed by atoms with E-state index in [4.69, 9.17) is 14.2 Å². The molecule has 9 heteroatoms. The lowest BCUT2D eigenvalue weighted by Crippen LogP contribution is -2.37. The van der Waals surface area contributed by atoms with Gasteiger partial charge in [0, 0.05) is 23.6 Å². The van der Waals surface area contributed by atoms with Crippen LogP contribution in [0.1, 0.15) is 74.7 Å². The summed E-state index contributed by atoms with van der Waals surface area (Å²) in [7, 11) is 0. The highest BCUT2D eigenvalue weighted by Crippen LogP contribution is 2.44. The Morgan fingerprint density at radius 2 is 1.39 bits per heavy atom. The van der Waals surface area contributed by atoms with Gasteiger partial charge in [0.15, 0.2) is 23.7 Å². The average molecular weight is 581 g/mol. The molecule has 0 amide bonds. The average Bonchev–Trinajstić information content (AvgIpc) is 2.99. The largest absolute Gasteiger partial charge is 0.432 e. The molecule has 1 heterocycles. The Hall–Kier alpha value is -2.49. The molecule has 0 unspecified atom stereocenters. The maximum absolute atomic E-state index is 14.8. The Bertz CT molecular complexity index is 1130. The van der Waals surface area contributed by atoms with E-state index < -0.39 is 41.5 Å². The molecule has 1 saturated heterocycles. The second-order valence-corrected chi connectivity index (χ2v) is 11.5. The number of benzene rings is 2. The molecule has 1 aliphatic heterocycles. The first-order valence-corrected chi connectivity index (χ1v) is 14.5. The zero-order valence-corrected chi connectivity index (χ0v) is 23.0. The van der Waals surface area contributed by atoms with Crippen molar-refractivity contribution in [2.24, 2.45) is 17.8 Å². The SMILES string of the molecule is C=CCOC1CCC(C2COC(c3ccc(C4CCC(C(F)(F)Oc5cc(F)c(F)c(F)c5)CC4)cc3)OC2)CC1. The van der Waals surface area contributed by atoms with Gasteiger partial charge in [0.25, 0.3) is 0 Å². The molecule has 3 fully saturated rings. The van der Waals surface area contributed by atoms with E-state index in [1.807, 2.05) is 24.3 Å². The number of ether oxygens (including phenoxy) is 4. The van der Waals surface area contributed by atoms with Crippen LogP contribution >= 0.6 is 0 Å². The van der Waals surface area contributed by atoms with Crippen molar-refractivity contribution >= 4 is 0 Å². The standard InChI is InChI=1S/C32H37F5O4/c1-2-15-38-26-13-9-22(10-14-26)24-18-39-31(40-19-24)23-5-3-20(4-6-23)21-7-11-25(12-8-21)32(36,37)41-27-16-28(33)30(35)29(34)17-27/h2-6,16-17,21-22,24-26,31H,1,7-15,18-19H2. The van der Waals surface area contributed by atoms with Gasteiger partial charge in [0.1, 0.15) is 5.75 Å². The van der Waals surface area contributed by atoms with Gasteiger partial charge >= 0.3 is 6.11 Å². The summed E-state index contributed by atoms with van der Waals surface area (Å²) in [6.45, 7) is 5.63. The minimum atomic E-state index is -3.63. The monoisotopic (exact) mass is 580 g/mol. The summed E-state index contributed by atoms with van der Waals surface area (Å²) >= 11 is 0. The van der Waals surface area contributed by atoms with Crippen LogP contribution < -0.4 is 4.74 Å². The van der Waals surface area contributed by atoms with Crippen molar-refractivity contribution in [1.82, 2.24) is 0 Å². The van der Waals surface area contributed by atoms with Crippen molar-refractivity contribution in [3.8, 4) is 5.75 Å².